The van der Waals surface area contributed by atoms with Gasteiger partial charge >= 0.3 is 6.18 Å². The maximum Gasteiger partial charge on any atom is 0.416 e. The molecular weight excluding hydrogens is 550 g/mol. The van der Waals surface area contributed by atoms with E-state index in [9.17, 15) is 18.0 Å². The van der Waals surface area contributed by atoms with Crippen molar-refractivity contribution < 1.29 is 27.1 Å². The molecule has 0 spiro atoms. The summed E-state index contributed by atoms with van der Waals surface area (Å²) >= 11 is 0. The highest BCUT2D eigenvalue weighted by atomic mass is 19.4. The lowest BCUT2D eigenvalue weighted by molar-refractivity contribution is -0.115. The quantitative estimate of drug-likeness (QED) is 0.465. The molecule has 0 bridgehead atoms. The summed E-state index contributed by atoms with van der Waals surface area (Å²) in [7, 11) is 2.04. The lowest BCUT2D eigenvalue weighted by atomic mass is 9.95. The number of alkyl halides is 3. The molecule has 230 valence electrons. The van der Waals surface area contributed by atoms with Gasteiger partial charge in [0.1, 0.15) is 5.82 Å². The van der Waals surface area contributed by atoms with Crippen LogP contribution in [-0.2, 0) is 9.53 Å². The number of hydrogen-bond donors (Lipinski definition) is 2. The lowest BCUT2D eigenvalue weighted by Crippen LogP contribution is -2.55. The van der Waals surface area contributed by atoms with Crippen LogP contribution in [0.1, 0.15) is 38.7 Å². The fraction of sp³-hybridized carbons (Fsp3) is 0.581. The molecule has 7 nitrogen and oxygen atoms in total. The van der Waals surface area contributed by atoms with E-state index in [0.29, 0.717) is 48.9 Å². The van der Waals surface area contributed by atoms with Crippen LogP contribution in [0.25, 0.3) is 5.57 Å². The molecule has 42 heavy (non-hydrogen) atoms. The normalized spacial score (nSPS) is 24.9. The summed E-state index contributed by atoms with van der Waals surface area (Å²) in [5, 5.41) is 5.44. The number of rotatable bonds is 6. The summed E-state index contributed by atoms with van der Waals surface area (Å²) in [4.78, 5) is 19.9. The van der Waals surface area contributed by atoms with Crippen molar-refractivity contribution in [3.8, 4) is 0 Å². The van der Waals surface area contributed by atoms with Crippen molar-refractivity contribution in [2.24, 2.45) is 5.92 Å². The van der Waals surface area contributed by atoms with Crippen molar-refractivity contribution in [2.45, 2.75) is 51.4 Å². The predicted octanol–water partition coefficient (Wildman–Crippen LogP) is 4.78. The molecule has 2 fully saturated rings. The van der Waals surface area contributed by atoms with Crippen LogP contribution in [0.15, 0.2) is 41.6 Å². The number of piperazine rings is 1. The Morgan fingerprint density at radius 1 is 1.12 bits per heavy atom. The van der Waals surface area contributed by atoms with E-state index in [2.05, 4.69) is 34.3 Å². The minimum absolute atomic E-state index is 0.0195. The molecule has 1 amide bonds. The van der Waals surface area contributed by atoms with Gasteiger partial charge in [0.15, 0.2) is 0 Å². The predicted molar refractivity (Wildman–Crippen MR) is 157 cm³/mol. The lowest BCUT2D eigenvalue weighted by Gasteiger charge is -2.44. The van der Waals surface area contributed by atoms with Gasteiger partial charge in [0.25, 0.3) is 5.91 Å². The molecule has 4 heterocycles. The Kier molecular flexibility index (Phi) is 9.29. The number of benzene rings is 1. The molecule has 5 rings (SSSR count). The zero-order chi connectivity index (χ0) is 30.0. The van der Waals surface area contributed by atoms with Crippen LogP contribution in [0.4, 0.5) is 28.9 Å². The van der Waals surface area contributed by atoms with Gasteiger partial charge in [0.05, 0.1) is 22.5 Å². The summed E-state index contributed by atoms with van der Waals surface area (Å²) in [6, 6.07) is 3.35. The molecule has 2 atom stereocenters. The van der Waals surface area contributed by atoms with E-state index in [4.69, 9.17) is 4.74 Å². The number of anilines is 2. The largest absolute Gasteiger partial charge is 0.416 e. The fourth-order valence-electron chi connectivity index (χ4n) is 6.34. The third kappa shape index (κ3) is 6.84. The molecule has 2 N–H and O–H groups in total. The highest BCUT2D eigenvalue weighted by molar-refractivity contribution is 6.09. The van der Waals surface area contributed by atoms with Crippen molar-refractivity contribution in [1.82, 2.24) is 15.1 Å². The van der Waals surface area contributed by atoms with E-state index in [-0.39, 0.29) is 18.6 Å². The minimum atomic E-state index is -4.67. The van der Waals surface area contributed by atoms with Gasteiger partial charge in [-0.05, 0) is 63.8 Å². The first-order chi connectivity index (χ1) is 20.0. The van der Waals surface area contributed by atoms with Crippen LogP contribution in [-0.4, -0.2) is 93.5 Å². The SMILES string of the molecule is C[C@@H]1CN(c2cc(F)c(C3=CCN(CC4CCOCC4)CC3)cc2NC(=O)C2=CNCC=C2C(F)(F)F)C[C@H](C)N1C. The molecular formula is C31H41F4N5O2. The zero-order valence-electron chi connectivity index (χ0n) is 24.6. The number of carbonyl (C=O) groups is 1. The van der Waals surface area contributed by atoms with Gasteiger partial charge in [0, 0.05) is 76.3 Å². The van der Waals surface area contributed by atoms with Crippen molar-refractivity contribution in [3.05, 3.63) is 53.0 Å². The second-order valence-electron chi connectivity index (χ2n) is 11.9. The number of dihydropyridines is 1. The van der Waals surface area contributed by atoms with Gasteiger partial charge in [-0.1, -0.05) is 12.2 Å². The summed E-state index contributed by atoms with van der Waals surface area (Å²) in [6.45, 7) is 9.36. The summed E-state index contributed by atoms with van der Waals surface area (Å²) < 4.78 is 62.5. The first-order valence-corrected chi connectivity index (χ1v) is 14.8. The molecule has 1 aromatic carbocycles. The Morgan fingerprint density at radius 2 is 1.83 bits per heavy atom. The molecule has 0 aliphatic carbocycles. The monoisotopic (exact) mass is 591 g/mol. The Balaban J connectivity index is 1.43. The van der Waals surface area contributed by atoms with Gasteiger partial charge in [-0.25, -0.2) is 4.39 Å². The molecule has 0 unspecified atom stereocenters. The van der Waals surface area contributed by atoms with Gasteiger partial charge in [-0.3, -0.25) is 14.6 Å². The minimum Gasteiger partial charge on any atom is -0.387 e. The molecule has 11 heteroatoms. The number of nitrogens with one attached hydrogen (secondary N) is 2. The van der Waals surface area contributed by atoms with Gasteiger partial charge in [-0.2, -0.15) is 13.2 Å². The van der Waals surface area contributed by atoms with Gasteiger partial charge < -0.3 is 20.3 Å². The molecule has 0 saturated carbocycles. The van der Waals surface area contributed by atoms with E-state index in [0.717, 1.165) is 57.0 Å². The van der Waals surface area contributed by atoms with Crippen molar-refractivity contribution in [3.63, 3.8) is 0 Å². The average molecular weight is 592 g/mol. The number of carbonyl (C=O) groups excluding carboxylic acids is 1. The number of hydrogen-bond acceptors (Lipinski definition) is 6. The standard InChI is InChI=1S/C31H41F4N5O2/c1-20-17-40(18-21(2)38(20)3)29-15-27(32)24(23-5-10-39(11-6-23)19-22-7-12-42-13-8-22)14-28(29)37-30(41)25-16-36-9-4-26(25)31(33,34)35/h4-5,14-16,20-22,36H,6-13,17-19H2,1-3H3,(H,37,41)/t20-,21+. The maximum absolute atomic E-state index is 15.8. The van der Waals surface area contributed by atoms with Crippen LogP contribution >= 0.6 is 0 Å². The van der Waals surface area contributed by atoms with Crippen LogP contribution in [0.3, 0.4) is 0 Å². The number of nitrogens with zero attached hydrogens (tertiary/aromatic N) is 3. The molecule has 4 aliphatic rings. The molecule has 1 aromatic rings. The third-order valence-electron chi connectivity index (χ3n) is 9.04. The van der Waals surface area contributed by atoms with E-state index < -0.39 is 29.0 Å². The fourth-order valence-corrected chi connectivity index (χ4v) is 6.34. The third-order valence-corrected chi connectivity index (χ3v) is 9.04. The Hall–Kier alpha value is -2.89. The molecule has 0 aromatic heterocycles. The highest BCUT2D eigenvalue weighted by Gasteiger charge is 2.39. The van der Waals surface area contributed by atoms with Gasteiger partial charge in [0.2, 0.25) is 0 Å². The Bertz CT molecular complexity index is 1240. The second-order valence-corrected chi connectivity index (χ2v) is 11.9. The number of halogens is 4. The molecule has 0 radical (unpaired) electrons. The van der Waals surface area contributed by atoms with Crippen LogP contribution in [0, 0.1) is 11.7 Å². The van der Waals surface area contributed by atoms with E-state index in [1.54, 1.807) is 6.07 Å². The first-order valence-electron chi connectivity index (χ1n) is 14.8. The summed E-state index contributed by atoms with van der Waals surface area (Å²) in [5.41, 5.74) is 0.509. The second kappa shape index (κ2) is 12.8. The smallest absolute Gasteiger partial charge is 0.387 e. The van der Waals surface area contributed by atoms with Crippen LogP contribution < -0.4 is 15.5 Å². The number of ether oxygens (including phenoxy) is 1. The zero-order valence-corrected chi connectivity index (χ0v) is 24.6. The van der Waals surface area contributed by atoms with Crippen molar-refractivity contribution in [2.75, 3.05) is 69.7 Å². The number of likely N-dealkylation sites (N-methyl/N-ethyl adjacent to an activating group) is 1. The Morgan fingerprint density at radius 3 is 2.48 bits per heavy atom. The van der Waals surface area contributed by atoms with Crippen LogP contribution in [0.5, 0.6) is 0 Å². The van der Waals surface area contributed by atoms with E-state index >= 15 is 4.39 Å². The van der Waals surface area contributed by atoms with E-state index in [1.807, 2.05) is 18.0 Å². The topological polar surface area (TPSA) is 60.1 Å². The van der Waals surface area contributed by atoms with Gasteiger partial charge in [-0.15, -0.1) is 0 Å². The Labute approximate surface area is 245 Å². The molecule has 2 saturated heterocycles. The average Bonchev–Trinajstić information content (AvgIpc) is 2.97. The van der Waals surface area contributed by atoms with Crippen molar-refractivity contribution >= 4 is 22.9 Å². The highest BCUT2D eigenvalue weighted by Crippen LogP contribution is 2.38. The van der Waals surface area contributed by atoms with E-state index in [1.165, 1.54) is 6.07 Å². The molecule has 4 aliphatic heterocycles. The summed E-state index contributed by atoms with van der Waals surface area (Å²) in [5.74, 6) is -0.694. The van der Waals surface area contributed by atoms with Crippen LogP contribution in [0.2, 0.25) is 0 Å². The first kappa shape index (κ1) is 30.6. The van der Waals surface area contributed by atoms with Crippen molar-refractivity contribution in [1.29, 1.82) is 0 Å². The summed E-state index contributed by atoms with van der Waals surface area (Å²) in [6.07, 6.45) is 2.16. The maximum atomic E-state index is 15.8. The number of amides is 1.